The zero-order valence-corrected chi connectivity index (χ0v) is 19.5. The molecule has 0 heterocycles. The predicted molar refractivity (Wildman–Crippen MR) is 128 cm³/mol. The number of carbonyl (C=O) groups excluding carboxylic acids is 2. The largest absolute Gasteiger partial charge is 0.466 e. The van der Waals surface area contributed by atoms with Crippen molar-refractivity contribution in [1.82, 2.24) is 0 Å². The molecule has 1 aliphatic carbocycles. The fourth-order valence-electron chi connectivity index (χ4n) is 4.84. The fraction of sp³-hybridized carbons (Fsp3) is 0.259. The molecule has 0 unspecified atom stereocenters. The van der Waals surface area contributed by atoms with Crippen LogP contribution in [-0.2, 0) is 19.1 Å². The highest BCUT2D eigenvalue weighted by molar-refractivity contribution is 7.11. The number of rotatable bonds is 8. The van der Waals surface area contributed by atoms with Crippen molar-refractivity contribution in [3.63, 3.8) is 0 Å². The quantitative estimate of drug-likeness (QED) is 0.305. The van der Waals surface area contributed by atoms with Gasteiger partial charge in [-0.15, -0.1) is 0 Å². The standard InChI is InChI=1S/C27H28O4Si/c1-27(18-24(27)26(29)31-19-25(28)30-2)20-32(21-12-6-3-7-13-21,22-14-8-4-9-15-22)23-16-10-5-11-17-23/h3-17,24H,18-20H2,1-2H3/t24-,27-/m0/s1. The molecule has 0 aliphatic heterocycles. The van der Waals surface area contributed by atoms with Crippen LogP contribution in [0.4, 0.5) is 0 Å². The monoisotopic (exact) mass is 444 g/mol. The Morgan fingerprint density at radius 3 is 1.69 bits per heavy atom. The van der Waals surface area contributed by atoms with Gasteiger partial charge in [0, 0.05) is 0 Å². The summed E-state index contributed by atoms with van der Waals surface area (Å²) in [6.45, 7) is 1.84. The van der Waals surface area contributed by atoms with Gasteiger partial charge in [0.25, 0.3) is 0 Å². The predicted octanol–water partition coefficient (Wildman–Crippen LogP) is 2.90. The SMILES string of the molecule is COC(=O)COC(=O)[C@@H]1C[C@@]1(C)C[Si](c1ccccc1)(c1ccccc1)c1ccccc1. The van der Waals surface area contributed by atoms with Gasteiger partial charge in [-0.2, -0.15) is 0 Å². The molecule has 0 spiro atoms. The molecule has 5 heteroatoms. The molecule has 32 heavy (non-hydrogen) atoms. The maximum absolute atomic E-state index is 12.7. The molecule has 4 nitrogen and oxygen atoms in total. The van der Waals surface area contributed by atoms with Gasteiger partial charge in [0.2, 0.25) is 0 Å². The van der Waals surface area contributed by atoms with Crippen LogP contribution in [0.3, 0.4) is 0 Å². The van der Waals surface area contributed by atoms with Crippen LogP contribution >= 0.6 is 0 Å². The molecule has 3 aromatic carbocycles. The molecule has 0 amide bonds. The first-order valence-electron chi connectivity index (χ1n) is 10.9. The van der Waals surface area contributed by atoms with E-state index in [1.165, 1.54) is 22.7 Å². The topological polar surface area (TPSA) is 52.6 Å². The number of hydrogen-bond donors (Lipinski definition) is 0. The highest BCUT2D eigenvalue weighted by Gasteiger charge is 2.60. The number of esters is 2. The third-order valence-corrected chi connectivity index (χ3v) is 12.0. The van der Waals surface area contributed by atoms with E-state index >= 15 is 0 Å². The van der Waals surface area contributed by atoms with E-state index in [0.29, 0.717) is 0 Å². The molecule has 2 atom stereocenters. The Labute approximate surface area is 190 Å². The molecule has 164 valence electrons. The Morgan fingerprint density at radius 2 is 1.28 bits per heavy atom. The Kier molecular flexibility index (Phi) is 6.28. The molecule has 0 saturated heterocycles. The minimum atomic E-state index is -2.44. The van der Waals surface area contributed by atoms with Crippen molar-refractivity contribution in [2.45, 2.75) is 19.4 Å². The summed E-state index contributed by atoms with van der Waals surface area (Å²) in [4.78, 5) is 24.1. The zero-order valence-electron chi connectivity index (χ0n) is 18.5. The molecule has 1 fully saturated rings. The van der Waals surface area contributed by atoms with Crippen molar-refractivity contribution in [3.05, 3.63) is 91.0 Å². The zero-order chi connectivity index (χ0) is 22.6. The highest BCUT2D eigenvalue weighted by atomic mass is 28.3. The first-order valence-corrected chi connectivity index (χ1v) is 13.1. The van der Waals surface area contributed by atoms with E-state index in [1.807, 2.05) is 18.2 Å². The summed E-state index contributed by atoms with van der Waals surface area (Å²) in [7, 11) is -1.15. The Morgan fingerprint density at radius 1 is 0.844 bits per heavy atom. The summed E-state index contributed by atoms with van der Waals surface area (Å²) in [6, 6.07) is 33.0. The van der Waals surface area contributed by atoms with E-state index in [-0.39, 0.29) is 23.9 Å². The van der Waals surface area contributed by atoms with Crippen molar-refractivity contribution >= 4 is 35.6 Å². The summed E-state index contributed by atoms with van der Waals surface area (Å²) in [5, 5.41) is 3.98. The van der Waals surface area contributed by atoms with Crippen LogP contribution in [-0.4, -0.2) is 33.7 Å². The second kappa shape index (κ2) is 9.13. The van der Waals surface area contributed by atoms with Crippen molar-refractivity contribution in [2.75, 3.05) is 13.7 Å². The fourth-order valence-corrected chi connectivity index (χ4v) is 10.3. The van der Waals surface area contributed by atoms with Gasteiger partial charge in [-0.05, 0) is 33.4 Å². The number of carbonyl (C=O) groups is 2. The summed E-state index contributed by atoms with van der Waals surface area (Å²) >= 11 is 0. The van der Waals surface area contributed by atoms with Crippen LogP contribution in [0.25, 0.3) is 0 Å². The normalized spacial score (nSPS) is 19.8. The van der Waals surface area contributed by atoms with E-state index in [9.17, 15) is 9.59 Å². The molecule has 1 aliphatic rings. The van der Waals surface area contributed by atoms with Gasteiger partial charge in [-0.1, -0.05) is 97.9 Å². The third-order valence-electron chi connectivity index (χ3n) is 6.66. The molecular formula is C27H28O4Si. The Bertz CT molecular complexity index is 972. The van der Waals surface area contributed by atoms with Gasteiger partial charge in [0.1, 0.15) is 8.07 Å². The number of ether oxygens (including phenoxy) is 2. The van der Waals surface area contributed by atoms with E-state index in [0.717, 1.165) is 12.5 Å². The van der Waals surface area contributed by atoms with Gasteiger partial charge < -0.3 is 9.47 Å². The van der Waals surface area contributed by atoms with E-state index in [4.69, 9.17) is 4.74 Å². The molecule has 1 saturated carbocycles. The van der Waals surface area contributed by atoms with Crippen LogP contribution in [0.15, 0.2) is 91.0 Å². The summed E-state index contributed by atoms with van der Waals surface area (Å²) in [5.74, 6) is -1.06. The molecule has 3 aromatic rings. The lowest BCUT2D eigenvalue weighted by Crippen LogP contribution is -2.68. The third kappa shape index (κ3) is 4.25. The maximum atomic E-state index is 12.7. The molecule has 0 N–H and O–H groups in total. The van der Waals surface area contributed by atoms with Crippen LogP contribution < -0.4 is 15.6 Å². The first kappa shape index (κ1) is 22.0. The second-order valence-corrected chi connectivity index (χ2v) is 12.7. The van der Waals surface area contributed by atoms with Crippen LogP contribution in [0.2, 0.25) is 6.04 Å². The maximum Gasteiger partial charge on any atom is 0.344 e. The number of benzene rings is 3. The summed E-state index contributed by atoms with van der Waals surface area (Å²) in [6.07, 6.45) is 0.758. The smallest absolute Gasteiger partial charge is 0.344 e. The lowest BCUT2D eigenvalue weighted by molar-refractivity contribution is -0.158. The van der Waals surface area contributed by atoms with Crippen LogP contribution in [0.5, 0.6) is 0 Å². The van der Waals surface area contributed by atoms with Crippen molar-refractivity contribution in [2.24, 2.45) is 11.3 Å². The minimum Gasteiger partial charge on any atom is -0.466 e. The number of methoxy groups -OCH3 is 1. The van der Waals surface area contributed by atoms with E-state index < -0.39 is 14.0 Å². The van der Waals surface area contributed by atoms with Gasteiger partial charge >= 0.3 is 11.9 Å². The minimum absolute atomic E-state index is 0.194. The molecule has 0 radical (unpaired) electrons. The first-order chi connectivity index (χ1) is 15.5. The Hall–Kier alpha value is -3.18. The second-order valence-electron chi connectivity index (χ2n) is 8.77. The van der Waals surface area contributed by atoms with Gasteiger partial charge in [0.05, 0.1) is 13.0 Å². The van der Waals surface area contributed by atoms with Crippen molar-refractivity contribution in [3.8, 4) is 0 Å². The van der Waals surface area contributed by atoms with E-state index in [1.54, 1.807) is 0 Å². The van der Waals surface area contributed by atoms with Gasteiger partial charge in [-0.3, -0.25) is 4.79 Å². The van der Waals surface area contributed by atoms with Crippen molar-refractivity contribution < 1.29 is 19.1 Å². The van der Waals surface area contributed by atoms with Crippen LogP contribution in [0.1, 0.15) is 13.3 Å². The Balaban J connectivity index is 1.74. The molecule has 4 rings (SSSR count). The van der Waals surface area contributed by atoms with Gasteiger partial charge in [0.15, 0.2) is 6.61 Å². The van der Waals surface area contributed by atoms with Crippen molar-refractivity contribution in [1.29, 1.82) is 0 Å². The average molecular weight is 445 g/mol. The summed E-state index contributed by atoms with van der Waals surface area (Å²) < 4.78 is 9.85. The molecule has 0 bridgehead atoms. The number of hydrogen-bond acceptors (Lipinski definition) is 4. The lowest BCUT2D eigenvalue weighted by Gasteiger charge is -2.36. The lowest BCUT2D eigenvalue weighted by atomic mass is 10.1. The molecule has 0 aromatic heterocycles. The molecular weight excluding hydrogens is 416 g/mol. The average Bonchev–Trinajstić information content (AvgIpc) is 3.53. The van der Waals surface area contributed by atoms with E-state index in [2.05, 4.69) is 84.5 Å². The highest BCUT2D eigenvalue weighted by Crippen LogP contribution is 2.57. The summed E-state index contributed by atoms with van der Waals surface area (Å²) in [5.41, 5.74) is -0.194. The van der Waals surface area contributed by atoms with Crippen LogP contribution in [0, 0.1) is 11.3 Å². The van der Waals surface area contributed by atoms with Gasteiger partial charge in [-0.25, -0.2) is 4.79 Å².